The summed E-state index contributed by atoms with van der Waals surface area (Å²) in [5, 5.41) is 19.0. The van der Waals surface area contributed by atoms with Crippen LogP contribution >= 0.6 is 0 Å². The van der Waals surface area contributed by atoms with Crippen LogP contribution in [0.1, 0.15) is 32.3 Å². The third kappa shape index (κ3) is 2.17. The molecule has 0 spiro atoms. The number of rotatable bonds is 2. The third-order valence-electron chi connectivity index (χ3n) is 4.11. The predicted octanol–water partition coefficient (Wildman–Crippen LogP) is 2.58. The first-order chi connectivity index (χ1) is 8.92. The van der Waals surface area contributed by atoms with E-state index < -0.39 is 22.8 Å². The van der Waals surface area contributed by atoms with Gasteiger partial charge in [0.1, 0.15) is 23.3 Å². The number of aliphatic hydroxyl groups is 1. The molecule has 0 aliphatic carbocycles. The zero-order valence-electron chi connectivity index (χ0n) is 11.0. The highest BCUT2D eigenvalue weighted by Crippen LogP contribution is 2.35. The molecule has 0 unspecified atom stereocenters. The molecule has 1 aliphatic heterocycles. The van der Waals surface area contributed by atoms with E-state index in [1.807, 2.05) is 13.8 Å². The zero-order valence-corrected chi connectivity index (χ0v) is 11.0. The average Bonchev–Trinajstić information content (AvgIpc) is 2.66. The van der Waals surface area contributed by atoms with Crippen LogP contribution in [-0.4, -0.2) is 23.3 Å². The summed E-state index contributed by atoms with van der Waals surface area (Å²) in [7, 11) is 0. The molecule has 0 amide bonds. The molecule has 0 radical (unpaired) electrons. The van der Waals surface area contributed by atoms with Crippen molar-refractivity contribution in [1.29, 1.82) is 5.26 Å². The minimum absolute atomic E-state index is 0.218. The standard InChI is InChI=1S/C14H16F2N2O/c1-3-14(19)4-5-18(9(14)2)10-6-12(15)11(8-17)13(16)7-10/h6-7,9,19H,3-5H2,1-2H3/t9-,14-/m0/s1. The average molecular weight is 266 g/mol. The van der Waals surface area contributed by atoms with Crippen molar-refractivity contribution in [2.24, 2.45) is 0 Å². The van der Waals surface area contributed by atoms with Gasteiger partial charge in [0.15, 0.2) is 0 Å². The van der Waals surface area contributed by atoms with Gasteiger partial charge in [0, 0.05) is 12.2 Å². The topological polar surface area (TPSA) is 47.3 Å². The summed E-state index contributed by atoms with van der Waals surface area (Å²) in [5.41, 5.74) is -1.03. The molecule has 1 aliphatic rings. The van der Waals surface area contributed by atoms with Gasteiger partial charge in [-0.25, -0.2) is 8.78 Å². The van der Waals surface area contributed by atoms with Gasteiger partial charge in [-0.2, -0.15) is 5.26 Å². The maximum atomic E-state index is 13.6. The Morgan fingerprint density at radius 1 is 1.47 bits per heavy atom. The summed E-state index contributed by atoms with van der Waals surface area (Å²) < 4.78 is 27.2. The molecule has 2 rings (SSSR count). The van der Waals surface area contributed by atoms with Crippen molar-refractivity contribution in [3.63, 3.8) is 0 Å². The molecular formula is C14H16F2N2O. The number of hydrogen-bond donors (Lipinski definition) is 1. The summed E-state index contributed by atoms with van der Waals surface area (Å²) in [4.78, 5) is 1.77. The summed E-state index contributed by atoms with van der Waals surface area (Å²) in [6, 6.07) is 3.59. The molecule has 5 heteroatoms. The van der Waals surface area contributed by atoms with Crippen molar-refractivity contribution >= 4 is 5.69 Å². The van der Waals surface area contributed by atoms with Crippen molar-refractivity contribution in [2.75, 3.05) is 11.4 Å². The summed E-state index contributed by atoms with van der Waals surface area (Å²) >= 11 is 0. The Labute approximate surface area is 111 Å². The summed E-state index contributed by atoms with van der Waals surface area (Å²) in [6.07, 6.45) is 1.15. The van der Waals surface area contributed by atoms with Crippen LogP contribution in [0.5, 0.6) is 0 Å². The molecule has 0 saturated carbocycles. The van der Waals surface area contributed by atoms with Gasteiger partial charge in [-0.15, -0.1) is 0 Å². The minimum atomic E-state index is -0.864. The first-order valence-corrected chi connectivity index (χ1v) is 6.31. The molecule has 1 aromatic carbocycles. The number of halogens is 2. The lowest BCUT2D eigenvalue weighted by Crippen LogP contribution is -2.42. The fourth-order valence-corrected chi connectivity index (χ4v) is 2.66. The molecular weight excluding hydrogens is 250 g/mol. The van der Waals surface area contributed by atoms with Gasteiger partial charge < -0.3 is 10.0 Å². The van der Waals surface area contributed by atoms with Crippen LogP contribution in [-0.2, 0) is 0 Å². The second-order valence-corrected chi connectivity index (χ2v) is 4.97. The first-order valence-electron chi connectivity index (χ1n) is 6.31. The number of nitrogens with zero attached hydrogens (tertiary/aromatic N) is 2. The molecule has 19 heavy (non-hydrogen) atoms. The Morgan fingerprint density at radius 2 is 2.05 bits per heavy atom. The van der Waals surface area contributed by atoms with Crippen LogP contribution < -0.4 is 4.90 Å². The quantitative estimate of drug-likeness (QED) is 0.895. The summed E-state index contributed by atoms with van der Waals surface area (Å²) in [6.45, 7) is 4.26. The van der Waals surface area contributed by atoms with Crippen LogP contribution in [0, 0.1) is 23.0 Å². The minimum Gasteiger partial charge on any atom is -0.388 e. The molecule has 1 saturated heterocycles. The third-order valence-corrected chi connectivity index (χ3v) is 4.11. The fraction of sp³-hybridized carbons (Fsp3) is 0.500. The molecule has 3 nitrogen and oxygen atoms in total. The molecule has 0 aromatic heterocycles. The molecule has 1 fully saturated rings. The van der Waals surface area contributed by atoms with Gasteiger partial charge in [0.25, 0.3) is 0 Å². The van der Waals surface area contributed by atoms with Crippen LogP contribution in [0.3, 0.4) is 0 Å². The van der Waals surface area contributed by atoms with Crippen molar-refractivity contribution in [1.82, 2.24) is 0 Å². The SMILES string of the molecule is CC[C@]1(O)CCN(c2cc(F)c(C#N)c(F)c2)[C@H]1C. The van der Waals surface area contributed by atoms with Crippen LogP contribution in [0.2, 0.25) is 0 Å². The van der Waals surface area contributed by atoms with Crippen LogP contribution in [0.4, 0.5) is 14.5 Å². The number of benzene rings is 1. The Balaban J connectivity index is 2.38. The van der Waals surface area contributed by atoms with Crippen molar-refractivity contribution in [2.45, 2.75) is 38.3 Å². The van der Waals surface area contributed by atoms with E-state index in [0.29, 0.717) is 25.1 Å². The molecule has 1 N–H and O–H groups in total. The highest BCUT2D eigenvalue weighted by atomic mass is 19.1. The lowest BCUT2D eigenvalue weighted by Gasteiger charge is -2.31. The van der Waals surface area contributed by atoms with E-state index in [0.717, 1.165) is 12.1 Å². The molecule has 1 heterocycles. The second-order valence-electron chi connectivity index (χ2n) is 4.97. The molecule has 102 valence electrons. The number of anilines is 1. The second kappa shape index (κ2) is 4.78. The van der Waals surface area contributed by atoms with Gasteiger partial charge in [-0.3, -0.25) is 0 Å². The molecule has 1 aromatic rings. The summed E-state index contributed by atoms with van der Waals surface area (Å²) in [5.74, 6) is -1.73. The van der Waals surface area contributed by atoms with Gasteiger partial charge in [-0.05, 0) is 31.9 Å². The maximum absolute atomic E-state index is 13.6. The van der Waals surface area contributed by atoms with E-state index in [4.69, 9.17) is 5.26 Å². The van der Waals surface area contributed by atoms with E-state index in [1.54, 1.807) is 4.90 Å². The van der Waals surface area contributed by atoms with E-state index >= 15 is 0 Å². The normalized spacial score (nSPS) is 26.5. The number of nitriles is 1. The maximum Gasteiger partial charge on any atom is 0.146 e. The Morgan fingerprint density at radius 3 is 2.47 bits per heavy atom. The largest absolute Gasteiger partial charge is 0.388 e. The smallest absolute Gasteiger partial charge is 0.146 e. The zero-order chi connectivity index (χ0) is 14.2. The van der Waals surface area contributed by atoms with Gasteiger partial charge in [-0.1, -0.05) is 6.92 Å². The van der Waals surface area contributed by atoms with Crippen LogP contribution in [0.25, 0.3) is 0 Å². The highest BCUT2D eigenvalue weighted by molar-refractivity contribution is 5.53. The van der Waals surface area contributed by atoms with Gasteiger partial charge >= 0.3 is 0 Å². The fourth-order valence-electron chi connectivity index (χ4n) is 2.66. The predicted molar refractivity (Wildman–Crippen MR) is 67.7 cm³/mol. The van der Waals surface area contributed by atoms with E-state index in [2.05, 4.69) is 0 Å². The van der Waals surface area contributed by atoms with Crippen molar-refractivity contribution in [3.8, 4) is 6.07 Å². The van der Waals surface area contributed by atoms with Crippen LogP contribution in [0.15, 0.2) is 12.1 Å². The van der Waals surface area contributed by atoms with Crippen molar-refractivity contribution in [3.05, 3.63) is 29.3 Å². The molecule has 0 bridgehead atoms. The van der Waals surface area contributed by atoms with Crippen molar-refractivity contribution < 1.29 is 13.9 Å². The van der Waals surface area contributed by atoms with E-state index in [-0.39, 0.29) is 6.04 Å². The monoisotopic (exact) mass is 266 g/mol. The first kappa shape index (κ1) is 13.8. The Bertz CT molecular complexity index is 518. The van der Waals surface area contributed by atoms with Gasteiger partial charge in [0.05, 0.1) is 11.6 Å². The Hall–Kier alpha value is -1.67. The van der Waals surface area contributed by atoms with E-state index in [9.17, 15) is 13.9 Å². The number of hydrogen-bond acceptors (Lipinski definition) is 3. The highest BCUT2D eigenvalue weighted by Gasteiger charge is 2.42. The lowest BCUT2D eigenvalue weighted by molar-refractivity contribution is 0.0329. The molecule has 2 atom stereocenters. The Kier molecular flexibility index (Phi) is 3.46. The van der Waals surface area contributed by atoms with Gasteiger partial charge in [0.2, 0.25) is 0 Å². The van der Waals surface area contributed by atoms with E-state index in [1.165, 1.54) is 6.07 Å². The lowest BCUT2D eigenvalue weighted by atomic mass is 9.93.